The van der Waals surface area contributed by atoms with Gasteiger partial charge in [0.15, 0.2) is 16.7 Å². The number of nitro groups is 1. The molecule has 1 heterocycles. The van der Waals surface area contributed by atoms with Crippen LogP contribution in [0.5, 0.6) is 17.2 Å². The zero-order chi connectivity index (χ0) is 24.2. The Bertz CT molecular complexity index is 1420. The molecular weight excluding hydrogens is 458 g/mol. The highest BCUT2D eigenvalue weighted by Crippen LogP contribution is 2.46. The van der Waals surface area contributed by atoms with Gasteiger partial charge in [-0.2, -0.15) is 0 Å². The van der Waals surface area contributed by atoms with Crippen LogP contribution in [0.3, 0.4) is 0 Å². The van der Waals surface area contributed by atoms with Crippen molar-refractivity contribution in [3.63, 3.8) is 0 Å². The molecule has 174 valence electrons. The van der Waals surface area contributed by atoms with Gasteiger partial charge >= 0.3 is 0 Å². The summed E-state index contributed by atoms with van der Waals surface area (Å²) >= 11 is 1.19. The Labute approximate surface area is 199 Å². The SMILES string of the molecule is COc1cc([N+](=O)[O-])c(CSc2nc3ccccc3c(=O)n2-c2ccccc2)c(OC)c1OC. The summed E-state index contributed by atoms with van der Waals surface area (Å²) in [4.78, 5) is 29.4. The molecule has 0 atom stereocenters. The summed E-state index contributed by atoms with van der Waals surface area (Å²) in [5, 5.41) is 12.7. The van der Waals surface area contributed by atoms with Crippen LogP contribution in [0.1, 0.15) is 5.56 Å². The van der Waals surface area contributed by atoms with Gasteiger partial charge in [0.25, 0.3) is 11.2 Å². The summed E-state index contributed by atoms with van der Waals surface area (Å²) in [6.45, 7) is 0. The van der Waals surface area contributed by atoms with Crippen LogP contribution in [-0.4, -0.2) is 35.8 Å². The fourth-order valence-electron chi connectivity index (χ4n) is 3.66. The van der Waals surface area contributed by atoms with Crippen molar-refractivity contribution in [1.82, 2.24) is 9.55 Å². The van der Waals surface area contributed by atoms with E-state index in [4.69, 9.17) is 19.2 Å². The Balaban J connectivity index is 1.88. The first kappa shape index (κ1) is 23.1. The van der Waals surface area contributed by atoms with Crippen LogP contribution in [-0.2, 0) is 5.75 Å². The van der Waals surface area contributed by atoms with Crippen molar-refractivity contribution < 1.29 is 19.1 Å². The first-order valence-corrected chi connectivity index (χ1v) is 11.1. The van der Waals surface area contributed by atoms with E-state index in [1.54, 1.807) is 36.4 Å². The number of benzene rings is 3. The van der Waals surface area contributed by atoms with Gasteiger partial charge in [0.1, 0.15) is 0 Å². The quantitative estimate of drug-likeness (QED) is 0.156. The molecule has 0 saturated carbocycles. The smallest absolute Gasteiger partial charge is 0.281 e. The number of hydrogen-bond acceptors (Lipinski definition) is 8. The molecule has 0 aliphatic rings. The van der Waals surface area contributed by atoms with E-state index in [0.717, 1.165) is 0 Å². The van der Waals surface area contributed by atoms with E-state index in [9.17, 15) is 14.9 Å². The van der Waals surface area contributed by atoms with Gasteiger partial charge in [0.05, 0.1) is 54.5 Å². The largest absolute Gasteiger partial charge is 0.492 e. The molecule has 0 aliphatic heterocycles. The number of nitro benzene ring substituents is 1. The molecule has 9 nitrogen and oxygen atoms in total. The van der Waals surface area contributed by atoms with Gasteiger partial charge in [-0.05, 0) is 24.3 Å². The molecule has 3 aromatic carbocycles. The highest BCUT2D eigenvalue weighted by atomic mass is 32.2. The number of thioether (sulfide) groups is 1. The van der Waals surface area contributed by atoms with Crippen molar-refractivity contribution in [2.24, 2.45) is 0 Å². The van der Waals surface area contributed by atoms with Gasteiger partial charge < -0.3 is 14.2 Å². The Morgan fingerprint density at radius 1 is 0.971 bits per heavy atom. The second-order valence-electron chi connectivity index (χ2n) is 7.08. The average Bonchev–Trinajstić information content (AvgIpc) is 2.86. The monoisotopic (exact) mass is 479 g/mol. The molecule has 0 spiro atoms. The number of rotatable bonds is 8. The molecule has 4 rings (SSSR count). The van der Waals surface area contributed by atoms with E-state index in [1.165, 1.54) is 43.7 Å². The number of hydrogen-bond donors (Lipinski definition) is 0. The number of fused-ring (bicyclic) bond motifs is 1. The van der Waals surface area contributed by atoms with E-state index in [1.807, 2.05) is 18.2 Å². The predicted octanol–water partition coefficient (Wildman–Crippen LogP) is 4.61. The molecule has 10 heteroatoms. The van der Waals surface area contributed by atoms with E-state index < -0.39 is 4.92 Å². The molecule has 0 saturated heterocycles. The lowest BCUT2D eigenvalue weighted by atomic mass is 10.1. The summed E-state index contributed by atoms with van der Waals surface area (Å²) in [5.41, 5.74) is 1.06. The van der Waals surface area contributed by atoms with Gasteiger partial charge in [-0.1, -0.05) is 42.1 Å². The molecule has 0 bridgehead atoms. The van der Waals surface area contributed by atoms with Crippen molar-refractivity contribution in [2.45, 2.75) is 10.9 Å². The number of ether oxygens (including phenoxy) is 3. The highest BCUT2D eigenvalue weighted by molar-refractivity contribution is 7.98. The summed E-state index contributed by atoms with van der Waals surface area (Å²) in [7, 11) is 4.23. The summed E-state index contributed by atoms with van der Waals surface area (Å²) < 4.78 is 17.6. The molecule has 1 aromatic heterocycles. The lowest BCUT2D eigenvalue weighted by Crippen LogP contribution is -2.21. The molecule has 0 N–H and O–H groups in total. The molecule has 0 amide bonds. The van der Waals surface area contributed by atoms with Crippen LogP contribution in [0.25, 0.3) is 16.6 Å². The van der Waals surface area contributed by atoms with Gasteiger partial charge in [-0.15, -0.1) is 0 Å². The lowest BCUT2D eigenvalue weighted by molar-refractivity contribution is -0.385. The number of aromatic nitrogens is 2. The van der Waals surface area contributed by atoms with E-state index in [-0.39, 0.29) is 39.8 Å². The lowest BCUT2D eigenvalue weighted by Gasteiger charge is -2.17. The number of nitrogens with zero attached hydrogens (tertiary/aromatic N) is 3. The fraction of sp³-hybridized carbons (Fsp3) is 0.167. The van der Waals surface area contributed by atoms with E-state index in [0.29, 0.717) is 21.7 Å². The predicted molar refractivity (Wildman–Crippen MR) is 130 cm³/mol. The average molecular weight is 480 g/mol. The summed E-state index contributed by atoms with van der Waals surface area (Å²) in [6.07, 6.45) is 0. The minimum absolute atomic E-state index is 0.0947. The minimum atomic E-state index is -0.502. The second-order valence-corrected chi connectivity index (χ2v) is 8.02. The van der Waals surface area contributed by atoms with Crippen LogP contribution in [0, 0.1) is 10.1 Å². The number of methoxy groups -OCH3 is 3. The zero-order valence-corrected chi connectivity index (χ0v) is 19.5. The third-order valence-corrected chi connectivity index (χ3v) is 6.18. The number of para-hydroxylation sites is 2. The van der Waals surface area contributed by atoms with Crippen molar-refractivity contribution >= 4 is 28.4 Å². The molecule has 0 fully saturated rings. The van der Waals surface area contributed by atoms with Crippen LogP contribution in [0.4, 0.5) is 5.69 Å². The maximum atomic E-state index is 13.4. The van der Waals surface area contributed by atoms with Crippen LogP contribution < -0.4 is 19.8 Å². The molecule has 4 aromatic rings. The molecule has 0 aliphatic carbocycles. The maximum Gasteiger partial charge on any atom is 0.281 e. The molecule has 34 heavy (non-hydrogen) atoms. The zero-order valence-electron chi connectivity index (χ0n) is 18.7. The fourth-order valence-corrected chi connectivity index (χ4v) is 4.69. The van der Waals surface area contributed by atoms with Crippen molar-refractivity contribution in [3.05, 3.63) is 86.7 Å². The van der Waals surface area contributed by atoms with Gasteiger partial charge in [0.2, 0.25) is 5.75 Å². The molecule has 0 unspecified atom stereocenters. The Kier molecular flexibility index (Phi) is 6.69. The standard InChI is InChI=1S/C24H21N3O6S/c1-31-20-13-19(27(29)30)17(21(32-2)22(20)33-3)14-34-24-25-18-12-8-7-11-16(18)23(28)26(24)15-9-5-4-6-10-15/h4-13H,14H2,1-3H3. The second kappa shape index (κ2) is 9.84. The maximum absolute atomic E-state index is 13.4. The minimum Gasteiger partial charge on any atom is -0.492 e. The van der Waals surface area contributed by atoms with Crippen LogP contribution in [0.15, 0.2) is 70.6 Å². The van der Waals surface area contributed by atoms with Crippen LogP contribution in [0.2, 0.25) is 0 Å². The third kappa shape index (κ3) is 4.15. The topological polar surface area (TPSA) is 106 Å². The molecular formula is C24H21N3O6S. The van der Waals surface area contributed by atoms with Crippen molar-refractivity contribution in [1.29, 1.82) is 0 Å². The summed E-state index contributed by atoms with van der Waals surface area (Å²) in [6, 6.07) is 17.5. The van der Waals surface area contributed by atoms with Crippen molar-refractivity contribution in [3.8, 4) is 22.9 Å². The van der Waals surface area contributed by atoms with Gasteiger partial charge in [-0.3, -0.25) is 19.5 Å². The third-order valence-electron chi connectivity index (χ3n) is 5.21. The Morgan fingerprint density at radius 2 is 1.65 bits per heavy atom. The molecule has 0 radical (unpaired) electrons. The first-order chi connectivity index (χ1) is 16.5. The van der Waals surface area contributed by atoms with E-state index >= 15 is 0 Å². The first-order valence-electron chi connectivity index (χ1n) is 10.2. The van der Waals surface area contributed by atoms with Gasteiger partial charge in [-0.25, -0.2) is 4.98 Å². The van der Waals surface area contributed by atoms with Crippen LogP contribution >= 0.6 is 11.8 Å². The summed E-state index contributed by atoms with van der Waals surface area (Å²) in [5.74, 6) is 0.718. The Morgan fingerprint density at radius 3 is 2.29 bits per heavy atom. The highest BCUT2D eigenvalue weighted by Gasteiger charge is 2.28. The van der Waals surface area contributed by atoms with Gasteiger partial charge in [0, 0.05) is 5.75 Å². The van der Waals surface area contributed by atoms with Crippen molar-refractivity contribution in [2.75, 3.05) is 21.3 Å². The normalized spacial score (nSPS) is 10.8. The van der Waals surface area contributed by atoms with E-state index in [2.05, 4.69) is 0 Å². The Hall–Kier alpha value is -4.05.